The van der Waals surface area contributed by atoms with E-state index in [1.807, 2.05) is 42.5 Å². The number of aromatic nitrogens is 2. The van der Waals surface area contributed by atoms with Crippen LogP contribution in [-0.2, 0) is 9.53 Å². The van der Waals surface area contributed by atoms with Crippen molar-refractivity contribution < 1.29 is 14.3 Å². The maximum Gasteiger partial charge on any atom is 0.359 e. The van der Waals surface area contributed by atoms with E-state index in [1.165, 1.54) is 5.56 Å². The Labute approximate surface area is 151 Å². The number of anilines is 1. The Balaban J connectivity index is 1.56. The van der Waals surface area contributed by atoms with Gasteiger partial charge < -0.3 is 10.1 Å². The number of nitrogens with one attached hydrogen (secondary N) is 2. The van der Waals surface area contributed by atoms with E-state index < -0.39 is 11.9 Å². The van der Waals surface area contributed by atoms with Gasteiger partial charge in [0.05, 0.1) is 5.52 Å². The summed E-state index contributed by atoms with van der Waals surface area (Å²) in [6.07, 6.45) is 1.06. The van der Waals surface area contributed by atoms with Gasteiger partial charge in [-0.15, -0.1) is 0 Å². The van der Waals surface area contributed by atoms with Gasteiger partial charge in [-0.25, -0.2) is 4.79 Å². The van der Waals surface area contributed by atoms with Crippen LogP contribution in [0.25, 0.3) is 10.9 Å². The molecule has 0 unspecified atom stereocenters. The lowest BCUT2D eigenvalue weighted by Gasteiger charge is -2.10. The van der Waals surface area contributed by atoms with Crippen molar-refractivity contribution in [2.45, 2.75) is 26.2 Å². The second-order valence-corrected chi connectivity index (χ2v) is 6.17. The van der Waals surface area contributed by atoms with Crippen LogP contribution in [0.3, 0.4) is 0 Å². The molecule has 6 nitrogen and oxygen atoms in total. The Morgan fingerprint density at radius 1 is 1.15 bits per heavy atom. The molecule has 0 aliphatic rings. The van der Waals surface area contributed by atoms with Gasteiger partial charge >= 0.3 is 5.97 Å². The van der Waals surface area contributed by atoms with E-state index >= 15 is 0 Å². The number of benzene rings is 2. The topological polar surface area (TPSA) is 84.1 Å². The molecule has 0 fully saturated rings. The summed E-state index contributed by atoms with van der Waals surface area (Å²) in [5.74, 6) is -0.552. The molecule has 1 atom stereocenters. The minimum atomic E-state index is -0.635. The molecule has 2 N–H and O–H groups in total. The fourth-order valence-corrected chi connectivity index (χ4v) is 2.65. The standard InChI is InChI=1S/C20H21N3O3/c1-3-13(2)14-8-10-15(11-9-14)21-18(24)12-26-20(25)19-16-6-4-5-7-17(16)22-23-19/h4-11,13H,3,12H2,1-2H3,(H,21,24)(H,22,23)/t13-/m0/s1. The van der Waals surface area contributed by atoms with Gasteiger partial charge in [0.25, 0.3) is 5.91 Å². The van der Waals surface area contributed by atoms with Gasteiger partial charge in [0.1, 0.15) is 0 Å². The van der Waals surface area contributed by atoms with Gasteiger partial charge in [-0.2, -0.15) is 5.10 Å². The molecule has 1 amide bonds. The lowest BCUT2D eigenvalue weighted by molar-refractivity contribution is -0.119. The molecule has 0 saturated carbocycles. The van der Waals surface area contributed by atoms with Crippen LogP contribution < -0.4 is 5.32 Å². The third kappa shape index (κ3) is 3.91. The number of para-hydroxylation sites is 1. The van der Waals surface area contributed by atoms with Crippen LogP contribution in [-0.4, -0.2) is 28.7 Å². The van der Waals surface area contributed by atoms with E-state index in [9.17, 15) is 9.59 Å². The van der Waals surface area contributed by atoms with Crippen LogP contribution in [0, 0.1) is 0 Å². The summed E-state index contributed by atoms with van der Waals surface area (Å²) in [5, 5.41) is 10.1. The number of fused-ring (bicyclic) bond motifs is 1. The summed E-state index contributed by atoms with van der Waals surface area (Å²) >= 11 is 0. The van der Waals surface area contributed by atoms with Crippen molar-refractivity contribution in [2.24, 2.45) is 0 Å². The SMILES string of the molecule is CC[C@H](C)c1ccc(NC(=O)COC(=O)c2n[nH]c3ccccc23)cc1. The minimum Gasteiger partial charge on any atom is -0.451 e. The summed E-state index contributed by atoms with van der Waals surface area (Å²) in [6, 6.07) is 14.9. The van der Waals surface area contributed by atoms with E-state index in [-0.39, 0.29) is 12.3 Å². The molecule has 0 aliphatic heterocycles. The van der Waals surface area contributed by atoms with Gasteiger partial charge in [-0.1, -0.05) is 44.2 Å². The summed E-state index contributed by atoms with van der Waals surface area (Å²) in [6.45, 7) is 3.93. The first kappa shape index (κ1) is 17.7. The Morgan fingerprint density at radius 2 is 1.88 bits per heavy atom. The molecule has 0 aliphatic carbocycles. The summed E-state index contributed by atoms with van der Waals surface area (Å²) in [5.41, 5.74) is 2.81. The monoisotopic (exact) mass is 351 g/mol. The number of amides is 1. The average Bonchev–Trinajstić information content (AvgIpc) is 3.10. The summed E-state index contributed by atoms with van der Waals surface area (Å²) in [4.78, 5) is 24.2. The fourth-order valence-electron chi connectivity index (χ4n) is 2.65. The lowest BCUT2D eigenvalue weighted by atomic mass is 9.99. The lowest BCUT2D eigenvalue weighted by Crippen LogP contribution is -2.21. The maximum absolute atomic E-state index is 12.1. The van der Waals surface area contributed by atoms with Crippen LogP contribution >= 0.6 is 0 Å². The first-order valence-corrected chi connectivity index (χ1v) is 8.58. The third-order valence-corrected chi connectivity index (χ3v) is 4.37. The number of hydrogen-bond acceptors (Lipinski definition) is 4. The average molecular weight is 351 g/mol. The number of esters is 1. The number of ether oxygens (including phenoxy) is 1. The fraction of sp³-hybridized carbons (Fsp3) is 0.250. The van der Waals surface area contributed by atoms with Crippen molar-refractivity contribution in [3.8, 4) is 0 Å². The molecule has 0 saturated heterocycles. The van der Waals surface area contributed by atoms with Crippen LogP contribution in [0.4, 0.5) is 5.69 Å². The molecule has 1 aromatic heterocycles. The quantitative estimate of drug-likeness (QED) is 0.660. The first-order valence-electron chi connectivity index (χ1n) is 8.58. The van der Waals surface area contributed by atoms with Gasteiger partial charge in [-0.05, 0) is 36.1 Å². The van der Waals surface area contributed by atoms with Crippen molar-refractivity contribution in [2.75, 3.05) is 11.9 Å². The molecule has 6 heteroatoms. The molecule has 0 bridgehead atoms. The van der Waals surface area contributed by atoms with Gasteiger partial charge in [-0.3, -0.25) is 9.89 Å². The highest BCUT2D eigenvalue weighted by atomic mass is 16.5. The highest BCUT2D eigenvalue weighted by Crippen LogP contribution is 2.20. The van der Waals surface area contributed by atoms with Gasteiger partial charge in [0, 0.05) is 11.1 Å². The van der Waals surface area contributed by atoms with Crippen LogP contribution in [0.5, 0.6) is 0 Å². The maximum atomic E-state index is 12.1. The van der Waals surface area contributed by atoms with Crippen LogP contribution in [0.2, 0.25) is 0 Å². The van der Waals surface area contributed by atoms with Gasteiger partial charge in [0.2, 0.25) is 0 Å². The highest BCUT2D eigenvalue weighted by molar-refractivity contribution is 6.03. The molecule has 0 radical (unpaired) electrons. The largest absolute Gasteiger partial charge is 0.451 e. The molecule has 2 aromatic carbocycles. The van der Waals surface area contributed by atoms with E-state index in [1.54, 1.807) is 6.07 Å². The van der Waals surface area contributed by atoms with Crippen molar-refractivity contribution in [3.05, 3.63) is 59.8 Å². The van der Waals surface area contributed by atoms with Crippen LogP contribution in [0.1, 0.15) is 42.2 Å². The second-order valence-electron chi connectivity index (χ2n) is 6.17. The summed E-state index contributed by atoms with van der Waals surface area (Å²) < 4.78 is 5.07. The predicted octanol–water partition coefficient (Wildman–Crippen LogP) is 3.87. The number of aromatic amines is 1. The minimum absolute atomic E-state index is 0.173. The zero-order valence-corrected chi connectivity index (χ0v) is 14.8. The Morgan fingerprint density at radius 3 is 2.62 bits per heavy atom. The zero-order valence-electron chi connectivity index (χ0n) is 14.8. The summed E-state index contributed by atoms with van der Waals surface area (Å²) in [7, 11) is 0. The number of nitrogens with zero attached hydrogens (tertiary/aromatic N) is 1. The zero-order chi connectivity index (χ0) is 18.5. The van der Waals surface area contributed by atoms with E-state index in [4.69, 9.17) is 4.74 Å². The molecular weight excluding hydrogens is 330 g/mol. The highest BCUT2D eigenvalue weighted by Gasteiger charge is 2.16. The number of H-pyrrole nitrogens is 1. The molecule has 1 heterocycles. The molecule has 3 rings (SSSR count). The van der Waals surface area contributed by atoms with Crippen molar-refractivity contribution in [1.29, 1.82) is 0 Å². The molecule has 26 heavy (non-hydrogen) atoms. The smallest absolute Gasteiger partial charge is 0.359 e. The first-order chi connectivity index (χ1) is 12.6. The van der Waals surface area contributed by atoms with E-state index in [0.29, 0.717) is 17.0 Å². The van der Waals surface area contributed by atoms with Crippen molar-refractivity contribution in [3.63, 3.8) is 0 Å². The third-order valence-electron chi connectivity index (χ3n) is 4.37. The molecule has 0 spiro atoms. The number of hydrogen-bond donors (Lipinski definition) is 2. The Kier molecular flexibility index (Phi) is 5.31. The Hall–Kier alpha value is -3.15. The molecular formula is C20H21N3O3. The van der Waals surface area contributed by atoms with Crippen LogP contribution in [0.15, 0.2) is 48.5 Å². The second kappa shape index (κ2) is 7.82. The molecule has 3 aromatic rings. The van der Waals surface area contributed by atoms with Crippen molar-refractivity contribution >= 4 is 28.5 Å². The van der Waals surface area contributed by atoms with Gasteiger partial charge in [0.15, 0.2) is 12.3 Å². The number of rotatable bonds is 6. The number of carbonyl (C=O) groups excluding carboxylic acids is 2. The van der Waals surface area contributed by atoms with E-state index in [2.05, 4.69) is 29.4 Å². The van der Waals surface area contributed by atoms with E-state index in [0.717, 1.165) is 11.9 Å². The molecule has 134 valence electrons. The van der Waals surface area contributed by atoms with Crippen molar-refractivity contribution in [1.82, 2.24) is 10.2 Å². The normalized spacial score (nSPS) is 11.9. The number of carbonyl (C=O) groups is 2. The Bertz CT molecular complexity index is 915. The predicted molar refractivity (Wildman–Crippen MR) is 100 cm³/mol.